The van der Waals surface area contributed by atoms with Crippen molar-refractivity contribution in [3.05, 3.63) is 47.0 Å². The van der Waals surface area contributed by atoms with Crippen LogP contribution in [-0.2, 0) is 23.5 Å². The van der Waals surface area contributed by atoms with E-state index in [-0.39, 0.29) is 28.3 Å². The second-order valence-corrected chi connectivity index (χ2v) is 9.16. The first kappa shape index (κ1) is 23.9. The number of hydrogen-bond donors (Lipinski definition) is 3. The number of rotatable bonds is 8. The van der Waals surface area contributed by atoms with Crippen LogP contribution in [0.1, 0.15) is 54.7 Å². The minimum Gasteiger partial charge on any atom is -0.390 e. The van der Waals surface area contributed by atoms with Gasteiger partial charge in [0.2, 0.25) is 10.0 Å². The molecule has 0 aliphatic carbocycles. The molecule has 0 spiro atoms. The number of nitrogens with two attached hydrogens (primary N) is 1. The normalized spacial score (nSPS) is 12.4. The summed E-state index contributed by atoms with van der Waals surface area (Å²) in [5.74, 6) is -1.87. The molecule has 4 N–H and O–H groups in total. The van der Waals surface area contributed by atoms with Crippen LogP contribution in [0.3, 0.4) is 0 Å². The van der Waals surface area contributed by atoms with E-state index in [1.807, 2.05) is 0 Å². The standard InChI is InChI=1S/C19H24F3N3O4S/c1-19(2,27)8-4-5-12-15(30(23,28)29)10-25(3)16(12)18(26)24-11-6-7-14(20)13(9-11)17(21)22/h6-7,9-10,17,27H,4-5,8H2,1-3H3,(H,24,26)(H2,23,28,29). The van der Waals surface area contributed by atoms with Crippen molar-refractivity contribution in [1.29, 1.82) is 0 Å². The third kappa shape index (κ3) is 5.83. The van der Waals surface area contributed by atoms with Gasteiger partial charge >= 0.3 is 0 Å². The van der Waals surface area contributed by atoms with Crippen LogP contribution >= 0.6 is 0 Å². The average Bonchev–Trinajstić information content (AvgIpc) is 2.92. The summed E-state index contributed by atoms with van der Waals surface area (Å²) in [5.41, 5.74) is -1.80. The van der Waals surface area contributed by atoms with Gasteiger partial charge in [-0.1, -0.05) is 0 Å². The molecule has 30 heavy (non-hydrogen) atoms. The number of alkyl halides is 2. The van der Waals surface area contributed by atoms with Crippen molar-refractivity contribution < 1.29 is 31.5 Å². The highest BCUT2D eigenvalue weighted by molar-refractivity contribution is 7.89. The Morgan fingerprint density at radius 2 is 1.97 bits per heavy atom. The monoisotopic (exact) mass is 447 g/mol. The van der Waals surface area contributed by atoms with E-state index in [4.69, 9.17) is 5.14 Å². The molecule has 0 radical (unpaired) electrons. The van der Waals surface area contributed by atoms with Gasteiger partial charge in [-0.05, 0) is 51.3 Å². The summed E-state index contributed by atoms with van der Waals surface area (Å²) in [6.07, 6.45) is -1.04. The minimum atomic E-state index is -4.14. The lowest BCUT2D eigenvalue weighted by Crippen LogP contribution is -2.21. The van der Waals surface area contributed by atoms with Crippen LogP contribution in [0.5, 0.6) is 0 Å². The van der Waals surface area contributed by atoms with E-state index in [0.717, 1.165) is 18.2 Å². The van der Waals surface area contributed by atoms with Crippen LogP contribution in [0.15, 0.2) is 29.3 Å². The summed E-state index contributed by atoms with van der Waals surface area (Å²) in [4.78, 5) is 12.6. The number of aliphatic hydroxyl groups is 1. The highest BCUT2D eigenvalue weighted by Crippen LogP contribution is 2.28. The average molecular weight is 447 g/mol. The van der Waals surface area contributed by atoms with Gasteiger partial charge in [-0.15, -0.1) is 0 Å². The second kappa shape index (κ2) is 8.78. The minimum absolute atomic E-state index is 0.0299. The molecule has 0 saturated carbocycles. The molecular formula is C19H24F3N3O4S. The number of nitrogens with one attached hydrogen (secondary N) is 1. The molecule has 0 saturated heterocycles. The zero-order valence-corrected chi connectivity index (χ0v) is 17.6. The van der Waals surface area contributed by atoms with E-state index in [2.05, 4.69) is 5.32 Å². The van der Waals surface area contributed by atoms with Crippen LogP contribution in [-0.4, -0.2) is 29.6 Å². The van der Waals surface area contributed by atoms with E-state index in [9.17, 15) is 31.5 Å². The van der Waals surface area contributed by atoms with Gasteiger partial charge in [-0.3, -0.25) is 4.79 Å². The van der Waals surface area contributed by atoms with Crippen LogP contribution in [0, 0.1) is 5.82 Å². The van der Waals surface area contributed by atoms with E-state index >= 15 is 0 Å². The molecule has 2 rings (SSSR count). The third-order valence-corrected chi connectivity index (χ3v) is 5.44. The maximum atomic E-state index is 13.5. The molecule has 1 aromatic carbocycles. The first-order valence-electron chi connectivity index (χ1n) is 9.03. The van der Waals surface area contributed by atoms with Crippen molar-refractivity contribution in [3.8, 4) is 0 Å². The van der Waals surface area contributed by atoms with Crippen LogP contribution < -0.4 is 10.5 Å². The maximum Gasteiger partial charge on any atom is 0.272 e. The van der Waals surface area contributed by atoms with Gasteiger partial charge in [0.1, 0.15) is 16.4 Å². The molecule has 0 fully saturated rings. The lowest BCUT2D eigenvalue weighted by Gasteiger charge is -2.17. The Balaban J connectivity index is 2.41. The molecule has 0 unspecified atom stereocenters. The summed E-state index contributed by atoms with van der Waals surface area (Å²) < 4.78 is 64.5. The van der Waals surface area contributed by atoms with Crippen molar-refractivity contribution >= 4 is 21.6 Å². The summed E-state index contributed by atoms with van der Waals surface area (Å²) in [5, 5.41) is 17.5. The molecule has 11 heteroatoms. The Kier molecular flexibility index (Phi) is 7.00. The number of amides is 1. The number of carbonyl (C=O) groups is 1. The summed E-state index contributed by atoms with van der Waals surface area (Å²) in [6.45, 7) is 3.20. The molecule has 0 aliphatic rings. The van der Waals surface area contributed by atoms with Crippen molar-refractivity contribution in [3.63, 3.8) is 0 Å². The topological polar surface area (TPSA) is 114 Å². The summed E-state index contributed by atoms with van der Waals surface area (Å²) >= 11 is 0. The molecule has 0 atom stereocenters. The molecule has 1 heterocycles. The molecule has 0 bridgehead atoms. The van der Waals surface area contributed by atoms with Gasteiger partial charge in [0.25, 0.3) is 12.3 Å². The van der Waals surface area contributed by atoms with Crippen LogP contribution in [0.4, 0.5) is 18.9 Å². The number of hydrogen-bond acceptors (Lipinski definition) is 4. The number of halogens is 3. The smallest absolute Gasteiger partial charge is 0.272 e. The number of nitrogens with zero attached hydrogens (tertiary/aromatic N) is 1. The first-order valence-corrected chi connectivity index (χ1v) is 10.6. The van der Waals surface area contributed by atoms with E-state index < -0.39 is 39.3 Å². The number of anilines is 1. The first-order chi connectivity index (χ1) is 13.7. The number of sulfonamides is 1. The van der Waals surface area contributed by atoms with Crippen LogP contribution in [0.2, 0.25) is 0 Å². The Hall–Kier alpha value is -2.37. The summed E-state index contributed by atoms with van der Waals surface area (Å²) in [6, 6.07) is 2.74. The zero-order valence-electron chi connectivity index (χ0n) is 16.7. The fraction of sp³-hybridized carbons (Fsp3) is 0.421. The lowest BCUT2D eigenvalue weighted by atomic mass is 9.99. The molecular weight excluding hydrogens is 423 g/mol. The quantitative estimate of drug-likeness (QED) is 0.577. The van der Waals surface area contributed by atoms with Gasteiger partial charge in [-0.25, -0.2) is 26.7 Å². The Morgan fingerprint density at radius 1 is 1.33 bits per heavy atom. The maximum absolute atomic E-state index is 13.5. The van der Waals surface area contributed by atoms with Crippen molar-refractivity contribution in [2.24, 2.45) is 12.2 Å². The van der Waals surface area contributed by atoms with Crippen molar-refractivity contribution in [1.82, 2.24) is 4.57 Å². The highest BCUT2D eigenvalue weighted by Gasteiger charge is 2.26. The highest BCUT2D eigenvalue weighted by atomic mass is 32.2. The molecule has 166 valence electrons. The number of aryl methyl sites for hydroxylation is 1. The van der Waals surface area contributed by atoms with Gasteiger partial charge in [-0.2, -0.15) is 0 Å². The SMILES string of the molecule is Cn1cc(S(N)(=O)=O)c(CCCC(C)(C)O)c1C(=O)Nc1ccc(F)c(C(F)F)c1. The van der Waals surface area contributed by atoms with Crippen LogP contribution in [0.25, 0.3) is 0 Å². The Bertz CT molecular complexity index is 1040. The predicted octanol–water partition coefficient (Wildman–Crippen LogP) is 3.10. The number of primary sulfonamides is 1. The predicted molar refractivity (Wildman–Crippen MR) is 105 cm³/mol. The Morgan fingerprint density at radius 3 is 2.50 bits per heavy atom. The largest absolute Gasteiger partial charge is 0.390 e. The van der Waals surface area contributed by atoms with E-state index in [1.54, 1.807) is 13.8 Å². The summed E-state index contributed by atoms with van der Waals surface area (Å²) in [7, 11) is -2.70. The molecule has 7 nitrogen and oxygen atoms in total. The molecule has 0 aliphatic heterocycles. The van der Waals surface area contributed by atoms with Gasteiger partial charge in [0.15, 0.2) is 0 Å². The fourth-order valence-electron chi connectivity index (χ4n) is 3.11. The number of benzene rings is 1. The molecule has 2 aromatic rings. The number of aromatic nitrogens is 1. The lowest BCUT2D eigenvalue weighted by molar-refractivity contribution is 0.0689. The Labute approximate surface area is 172 Å². The van der Waals surface area contributed by atoms with E-state index in [0.29, 0.717) is 12.8 Å². The van der Waals surface area contributed by atoms with Gasteiger partial charge in [0, 0.05) is 24.5 Å². The molecule has 1 aromatic heterocycles. The number of carbonyl (C=O) groups excluding carboxylic acids is 1. The zero-order chi connectivity index (χ0) is 22.9. The molecule has 1 amide bonds. The van der Waals surface area contributed by atoms with Crippen molar-refractivity contribution in [2.75, 3.05) is 5.32 Å². The fourth-order valence-corrected chi connectivity index (χ4v) is 3.96. The van der Waals surface area contributed by atoms with Crippen molar-refractivity contribution in [2.45, 2.75) is 50.0 Å². The van der Waals surface area contributed by atoms with Gasteiger partial charge in [0.05, 0.1) is 11.2 Å². The second-order valence-electron chi connectivity index (χ2n) is 7.63. The van der Waals surface area contributed by atoms with Gasteiger partial charge < -0.3 is 15.0 Å². The third-order valence-electron chi connectivity index (χ3n) is 4.47. The van der Waals surface area contributed by atoms with E-state index in [1.165, 1.54) is 17.8 Å².